The van der Waals surface area contributed by atoms with Crippen LogP contribution in [0.1, 0.15) is 23.1 Å². The number of hydrogen-bond acceptors (Lipinski definition) is 3. The second-order valence-corrected chi connectivity index (χ2v) is 7.06. The number of halogens is 1. The van der Waals surface area contributed by atoms with E-state index >= 15 is 0 Å². The minimum Gasteiger partial charge on any atom is -0.463 e. The van der Waals surface area contributed by atoms with Gasteiger partial charge in [0, 0.05) is 21.5 Å². The molecule has 0 spiro atoms. The van der Waals surface area contributed by atoms with Crippen molar-refractivity contribution in [3.63, 3.8) is 0 Å². The molecule has 0 radical (unpaired) electrons. The highest BCUT2D eigenvalue weighted by molar-refractivity contribution is 6.30. The Bertz CT molecular complexity index is 1200. The van der Waals surface area contributed by atoms with Gasteiger partial charge in [-0.1, -0.05) is 23.7 Å². The Balaban J connectivity index is 1.90. The number of rotatable bonds is 1. The minimum atomic E-state index is -0.205. The third-order valence-corrected chi connectivity index (χ3v) is 5.38. The highest BCUT2D eigenvalue weighted by Gasteiger charge is 2.24. The van der Waals surface area contributed by atoms with Gasteiger partial charge in [0.2, 0.25) is 0 Å². The summed E-state index contributed by atoms with van der Waals surface area (Å²) in [5.74, 6) is 0. The highest BCUT2D eigenvalue weighted by atomic mass is 35.5. The lowest BCUT2D eigenvalue weighted by molar-refractivity contribution is 0.550. The Labute approximate surface area is 148 Å². The Kier molecular flexibility index (Phi) is 3.10. The van der Waals surface area contributed by atoms with Crippen LogP contribution in [-0.2, 0) is 12.8 Å². The molecular formula is C21H15ClO3. The molecule has 124 valence electrons. The summed E-state index contributed by atoms with van der Waals surface area (Å²) in [5.41, 5.74) is 6.24. The first-order valence-electron chi connectivity index (χ1n) is 8.39. The molecule has 4 aromatic rings. The molecule has 0 fully saturated rings. The Hall–Kier alpha value is -2.52. The van der Waals surface area contributed by atoms with Gasteiger partial charge < -0.3 is 8.83 Å². The van der Waals surface area contributed by atoms with Gasteiger partial charge >= 0.3 is 5.63 Å². The van der Waals surface area contributed by atoms with Crippen LogP contribution in [0.2, 0.25) is 5.02 Å². The van der Waals surface area contributed by atoms with Crippen LogP contribution in [0.15, 0.2) is 50.2 Å². The van der Waals surface area contributed by atoms with E-state index < -0.39 is 0 Å². The molecule has 2 heterocycles. The Morgan fingerprint density at radius 2 is 1.80 bits per heavy atom. The van der Waals surface area contributed by atoms with E-state index in [1.165, 1.54) is 0 Å². The number of furan rings is 1. The first-order valence-corrected chi connectivity index (χ1v) is 8.76. The van der Waals surface area contributed by atoms with Crippen molar-refractivity contribution in [3.8, 4) is 11.1 Å². The molecule has 1 aliphatic carbocycles. The quantitative estimate of drug-likeness (QED) is 0.416. The molecule has 0 aliphatic heterocycles. The average Bonchev–Trinajstić information content (AvgIpc) is 3.23. The Morgan fingerprint density at radius 1 is 1.04 bits per heavy atom. The van der Waals surface area contributed by atoms with Gasteiger partial charge in [-0.25, -0.2) is 4.79 Å². The van der Waals surface area contributed by atoms with Gasteiger partial charge in [0.15, 0.2) is 0 Å². The SMILES string of the molecule is Cc1cc2oc(=O)c3c(c2c2occ(-c4ccc(Cl)cc4)c12)CCC3. The third-order valence-electron chi connectivity index (χ3n) is 5.13. The summed E-state index contributed by atoms with van der Waals surface area (Å²) in [6, 6.07) is 9.69. The highest BCUT2D eigenvalue weighted by Crippen LogP contribution is 2.40. The van der Waals surface area contributed by atoms with Crippen molar-refractivity contribution < 1.29 is 8.83 Å². The van der Waals surface area contributed by atoms with E-state index in [0.717, 1.165) is 63.4 Å². The first kappa shape index (κ1) is 14.8. The monoisotopic (exact) mass is 350 g/mol. The lowest BCUT2D eigenvalue weighted by Crippen LogP contribution is -2.07. The molecular weight excluding hydrogens is 336 g/mol. The second kappa shape index (κ2) is 5.24. The van der Waals surface area contributed by atoms with E-state index in [0.29, 0.717) is 10.6 Å². The molecule has 0 unspecified atom stereocenters. The van der Waals surface area contributed by atoms with Crippen molar-refractivity contribution >= 4 is 33.5 Å². The van der Waals surface area contributed by atoms with E-state index in [1.54, 1.807) is 6.26 Å². The summed E-state index contributed by atoms with van der Waals surface area (Å²) in [7, 11) is 0. The molecule has 3 nitrogen and oxygen atoms in total. The average molecular weight is 351 g/mol. The maximum Gasteiger partial charge on any atom is 0.339 e. The van der Waals surface area contributed by atoms with Gasteiger partial charge in [0.05, 0.1) is 11.6 Å². The van der Waals surface area contributed by atoms with Crippen molar-refractivity contribution in [1.82, 2.24) is 0 Å². The van der Waals surface area contributed by atoms with Gasteiger partial charge in [0.25, 0.3) is 0 Å². The zero-order chi connectivity index (χ0) is 17.1. The largest absolute Gasteiger partial charge is 0.463 e. The standard InChI is InChI=1S/C21H15ClO3/c1-11-9-17-19(14-3-2-4-15(14)21(23)25-17)20-18(11)16(10-24-20)12-5-7-13(22)8-6-12/h5-10H,2-4H2,1H3. The van der Waals surface area contributed by atoms with E-state index in [2.05, 4.69) is 0 Å². The summed E-state index contributed by atoms with van der Waals surface area (Å²) in [6.07, 6.45) is 4.45. The molecule has 0 saturated carbocycles. The molecule has 25 heavy (non-hydrogen) atoms. The lowest BCUT2D eigenvalue weighted by Gasteiger charge is -2.07. The molecule has 0 amide bonds. The summed E-state index contributed by atoms with van der Waals surface area (Å²) in [4.78, 5) is 12.2. The van der Waals surface area contributed by atoms with E-state index in [9.17, 15) is 4.79 Å². The number of benzene rings is 2. The van der Waals surface area contributed by atoms with Gasteiger partial charge in [-0.2, -0.15) is 0 Å². The summed E-state index contributed by atoms with van der Waals surface area (Å²) in [5, 5.41) is 2.73. The Morgan fingerprint density at radius 3 is 2.60 bits per heavy atom. The molecule has 1 aliphatic rings. The molecule has 0 N–H and O–H groups in total. The maximum absolute atomic E-state index is 12.2. The van der Waals surface area contributed by atoms with Gasteiger partial charge in [-0.05, 0) is 61.1 Å². The van der Waals surface area contributed by atoms with Crippen molar-refractivity contribution in [1.29, 1.82) is 0 Å². The van der Waals surface area contributed by atoms with Crippen molar-refractivity contribution in [2.45, 2.75) is 26.2 Å². The maximum atomic E-state index is 12.2. The third kappa shape index (κ3) is 2.09. The van der Waals surface area contributed by atoms with Gasteiger partial charge in [-0.3, -0.25) is 0 Å². The van der Waals surface area contributed by atoms with Crippen LogP contribution in [0, 0.1) is 6.92 Å². The van der Waals surface area contributed by atoms with Crippen LogP contribution in [0.25, 0.3) is 33.1 Å². The van der Waals surface area contributed by atoms with Crippen LogP contribution in [0.3, 0.4) is 0 Å². The van der Waals surface area contributed by atoms with Crippen molar-refractivity contribution in [3.05, 3.63) is 68.7 Å². The van der Waals surface area contributed by atoms with E-state index in [1.807, 2.05) is 37.3 Å². The van der Waals surface area contributed by atoms with Gasteiger partial charge in [0.1, 0.15) is 11.2 Å². The number of aryl methyl sites for hydroxylation is 2. The predicted octanol–water partition coefficient (Wildman–Crippen LogP) is 5.66. The molecule has 0 saturated heterocycles. The van der Waals surface area contributed by atoms with E-state index in [-0.39, 0.29) is 5.63 Å². The fourth-order valence-electron chi connectivity index (χ4n) is 4.00. The minimum absolute atomic E-state index is 0.205. The van der Waals surface area contributed by atoms with Crippen LogP contribution >= 0.6 is 11.6 Å². The zero-order valence-electron chi connectivity index (χ0n) is 13.7. The fraction of sp³-hybridized carbons (Fsp3) is 0.190. The van der Waals surface area contributed by atoms with Crippen LogP contribution < -0.4 is 5.63 Å². The predicted molar refractivity (Wildman–Crippen MR) is 99.5 cm³/mol. The van der Waals surface area contributed by atoms with Crippen molar-refractivity contribution in [2.24, 2.45) is 0 Å². The summed E-state index contributed by atoms with van der Waals surface area (Å²) >= 11 is 6.01. The molecule has 0 bridgehead atoms. The number of hydrogen-bond donors (Lipinski definition) is 0. The smallest absolute Gasteiger partial charge is 0.339 e. The van der Waals surface area contributed by atoms with Crippen LogP contribution in [0.4, 0.5) is 0 Å². The van der Waals surface area contributed by atoms with Crippen LogP contribution in [-0.4, -0.2) is 0 Å². The van der Waals surface area contributed by atoms with E-state index in [4.69, 9.17) is 20.4 Å². The second-order valence-electron chi connectivity index (χ2n) is 6.63. The molecule has 0 atom stereocenters. The van der Waals surface area contributed by atoms with Gasteiger partial charge in [-0.15, -0.1) is 0 Å². The van der Waals surface area contributed by atoms with Crippen LogP contribution in [0.5, 0.6) is 0 Å². The zero-order valence-corrected chi connectivity index (χ0v) is 14.4. The lowest BCUT2D eigenvalue weighted by atomic mass is 9.97. The normalized spacial score (nSPS) is 13.7. The summed E-state index contributed by atoms with van der Waals surface area (Å²) in [6.45, 7) is 2.02. The van der Waals surface area contributed by atoms with Crippen molar-refractivity contribution in [2.75, 3.05) is 0 Å². The fourth-order valence-corrected chi connectivity index (χ4v) is 4.13. The molecule has 2 aromatic carbocycles. The first-order chi connectivity index (χ1) is 12.1. The number of fused-ring (bicyclic) bond motifs is 5. The summed E-state index contributed by atoms with van der Waals surface area (Å²) < 4.78 is 11.6. The molecule has 5 rings (SSSR count). The molecule has 2 aromatic heterocycles. The topological polar surface area (TPSA) is 43.4 Å². The molecule has 4 heteroatoms.